The van der Waals surface area contributed by atoms with E-state index in [1.165, 1.54) is 13.4 Å². The second-order valence-corrected chi connectivity index (χ2v) is 6.22. The SMILES string of the molecule is CCc1cc2c(=O)c(-c3ccc4c(c3)OCO4)coc2cc1OCC(=O)OC. The molecule has 144 valence electrons. The third kappa shape index (κ3) is 3.15. The van der Waals surface area contributed by atoms with E-state index in [0.717, 1.165) is 5.56 Å². The lowest BCUT2D eigenvalue weighted by atomic mass is 10.0. The molecule has 0 aliphatic carbocycles. The number of ether oxygens (including phenoxy) is 4. The van der Waals surface area contributed by atoms with Crippen LogP contribution in [0.25, 0.3) is 22.1 Å². The number of hydrogen-bond donors (Lipinski definition) is 0. The van der Waals surface area contributed by atoms with Crippen LogP contribution in [-0.4, -0.2) is 26.5 Å². The molecular formula is C21H18O7. The molecule has 0 radical (unpaired) electrons. The fourth-order valence-electron chi connectivity index (χ4n) is 3.07. The predicted octanol–water partition coefficient (Wildman–Crippen LogP) is 3.30. The van der Waals surface area contributed by atoms with E-state index in [9.17, 15) is 9.59 Å². The zero-order valence-electron chi connectivity index (χ0n) is 15.4. The van der Waals surface area contributed by atoms with Crippen molar-refractivity contribution in [1.82, 2.24) is 0 Å². The van der Waals surface area contributed by atoms with Gasteiger partial charge in [0.15, 0.2) is 18.1 Å². The highest BCUT2D eigenvalue weighted by Gasteiger charge is 2.18. The summed E-state index contributed by atoms with van der Waals surface area (Å²) < 4.78 is 26.5. The second kappa shape index (κ2) is 7.26. The maximum atomic E-state index is 13.1. The summed E-state index contributed by atoms with van der Waals surface area (Å²) in [6.45, 7) is 1.89. The molecule has 0 unspecified atom stereocenters. The number of aryl methyl sites for hydroxylation is 1. The first-order valence-electron chi connectivity index (χ1n) is 8.78. The Labute approximate surface area is 160 Å². The summed E-state index contributed by atoms with van der Waals surface area (Å²) in [4.78, 5) is 24.4. The normalized spacial score (nSPS) is 12.2. The molecule has 28 heavy (non-hydrogen) atoms. The third-order valence-electron chi connectivity index (χ3n) is 4.59. The number of carbonyl (C=O) groups excluding carboxylic acids is 1. The lowest BCUT2D eigenvalue weighted by molar-refractivity contribution is -0.142. The Bertz CT molecular complexity index is 1110. The molecular weight excluding hydrogens is 364 g/mol. The molecule has 7 nitrogen and oxygen atoms in total. The Morgan fingerprint density at radius 1 is 1.14 bits per heavy atom. The third-order valence-corrected chi connectivity index (χ3v) is 4.59. The number of benzene rings is 2. The Hall–Kier alpha value is -3.48. The lowest BCUT2D eigenvalue weighted by Crippen LogP contribution is -2.13. The van der Waals surface area contributed by atoms with E-state index in [2.05, 4.69) is 4.74 Å². The van der Waals surface area contributed by atoms with Crippen LogP contribution < -0.4 is 19.6 Å². The second-order valence-electron chi connectivity index (χ2n) is 6.22. The van der Waals surface area contributed by atoms with Gasteiger partial charge in [0.05, 0.1) is 18.1 Å². The van der Waals surface area contributed by atoms with Gasteiger partial charge in [-0.1, -0.05) is 13.0 Å². The molecule has 2 heterocycles. The largest absolute Gasteiger partial charge is 0.481 e. The van der Waals surface area contributed by atoms with Gasteiger partial charge in [0.1, 0.15) is 17.6 Å². The smallest absolute Gasteiger partial charge is 0.343 e. The van der Waals surface area contributed by atoms with Gasteiger partial charge >= 0.3 is 5.97 Å². The van der Waals surface area contributed by atoms with Crippen molar-refractivity contribution in [3.05, 3.63) is 52.4 Å². The van der Waals surface area contributed by atoms with Crippen molar-refractivity contribution in [1.29, 1.82) is 0 Å². The van der Waals surface area contributed by atoms with E-state index < -0.39 is 5.97 Å². The fraction of sp³-hybridized carbons (Fsp3) is 0.238. The molecule has 1 aliphatic heterocycles. The van der Waals surface area contributed by atoms with Gasteiger partial charge in [-0.25, -0.2) is 4.79 Å². The number of fused-ring (bicyclic) bond motifs is 2. The van der Waals surface area contributed by atoms with Crippen LogP contribution in [0.15, 0.2) is 45.8 Å². The number of hydrogen-bond acceptors (Lipinski definition) is 7. The maximum absolute atomic E-state index is 13.1. The summed E-state index contributed by atoms with van der Waals surface area (Å²) in [7, 11) is 1.30. The molecule has 0 fully saturated rings. The standard InChI is InChI=1S/C21H18O7/c1-3-12-6-14-18(8-17(12)26-10-20(22)24-2)25-9-15(21(14)23)13-4-5-16-19(7-13)28-11-27-16/h4-9H,3,10-11H2,1-2H3. The minimum Gasteiger partial charge on any atom is -0.481 e. The zero-order chi connectivity index (χ0) is 19.7. The van der Waals surface area contributed by atoms with Crippen molar-refractivity contribution >= 4 is 16.9 Å². The van der Waals surface area contributed by atoms with Crippen LogP contribution >= 0.6 is 0 Å². The average Bonchev–Trinajstić information content (AvgIpc) is 3.19. The van der Waals surface area contributed by atoms with Crippen LogP contribution in [0.4, 0.5) is 0 Å². The molecule has 0 spiro atoms. The average molecular weight is 382 g/mol. The van der Waals surface area contributed by atoms with E-state index in [0.29, 0.717) is 45.8 Å². The first-order valence-corrected chi connectivity index (χ1v) is 8.78. The molecule has 1 aromatic heterocycles. The van der Waals surface area contributed by atoms with E-state index in [-0.39, 0.29) is 18.8 Å². The van der Waals surface area contributed by atoms with E-state index >= 15 is 0 Å². The van der Waals surface area contributed by atoms with Gasteiger partial charge in [-0.2, -0.15) is 0 Å². The number of esters is 1. The summed E-state index contributed by atoms with van der Waals surface area (Å²) in [5, 5.41) is 0.442. The molecule has 2 aromatic carbocycles. The van der Waals surface area contributed by atoms with Gasteiger partial charge in [-0.3, -0.25) is 4.79 Å². The highest BCUT2D eigenvalue weighted by atomic mass is 16.7. The van der Waals surface area contributed by atoms with Crippen molar-refractivity contribution in [3.8, 4) is 28.4 Å². The quantitative estimate of drug-likeness (QED) is 0.626. The Morgan fingerprint density at radius 2 is 1.96 bits per heavy atom. The molecule has 0 saturated carbocycles. The van der Waals surface area contributed by atoms with Crippen LogP contribution in [0.5, 0.6) is 17.2 Å². The highest BCUT2D eigenvalue weighted by molar-refractivity contribution is 5.84. The van der Waals surface area contributed by atoms with Gasteiger partial charge in [0.2, 0.25) is 12.2 Å². The maximum Gasteiger partial charge on any atom is 0.343 e. The first kappa shape index (κ1) is 17.9. The van der Waals surface area contributed by atoms with Crippen molar-refractivity contribution in [2.45, 2.75) is 13.3 Å². The Morgan fingerprint density at radius 3 is 2.75 bits per heavy atom. The van der Waals surface area contributed by atoms with Crippen molar-refractivity contribution < 1.29 is 28.2 Å². The Kier molecular flexibility index (Phi) is 4.65. The minimum atomic E-state index is -0.484. The topological polar surface area (TPSA) is 84.2 Å². The van der Waals surface area contributed by atoms with Crippen LogP contribution in [0.2, 0.25) is 0 Å². The molecule has 0 atom stereocenters. The van der Waals surface area contributed by atoms with Gasteiger partial charge < -0.3 is 23.4 Å². The minimum absolute atomic E-state index is 0.158. The fourth-order valence-corrected chi connectivity index (χ4v) is 3.07. The molecule has 0 saturated heterocycles. The van der Waals surface area contributed by atoms with E-state index in [4.69, 9.17) is 18.6 Å². The predicted molar refractivity (Wildman–Crippen MR) is 101 cm³/mol. The van der Waals surface area contributed by atoms with Crippen LogP contribution in [0.1, 0.15) is 12.5 Å². The van der Waals surface area contributed by atoms with Crippen molar-refractivity contribution in [3.63, 3.8) is 0 Å². The molecule has 4 rings (SSSR count). The summed E-state index contributed by atoms with van der Waals surface area (Å²) in [6.07, 6.45) is 2.04. The van der Waals surface area contributed by atoms with Crippen molar-refractivity contribution in [2.24, 2.45) is 0 Å². The zero-order valence-corrected chi connectivity index (χ0v) is 15.4. The van der Waals surface area contributed by atoms with E-state index in [1.54, 1.807) is 30.3 Å². The molecule has 3 aromatic rings. The van der Waals surface area contributed by atoms with Crippen LogP contribution in [0.3, 0.4) is 0 Å². The Balaban J connectivity index is 1.76. The molecule has 0 N–H and O–H groups in total. The van der Waals surface area contributed by atoms with Gasteiger partial charge in [-0.05, 0) is 35.7 Å². The van der Waals surface area contributed by atoms with Crippen LogP contribution in [0, 0.1) is 0 Å². The molecule has 1 aliphatic rings. The van der Waals surface area contributed by atoms with Crippen molar-refractivity contribution in [2.75, 3.05) is 20.5 Å². The van der Waals surface area contributed by atoms with Gasteiger partial charge in [0.25, 0.3) is 0 Å². The van der Waals surface area contributed by atoms with Crippen LogP contribution in [-0.2, 0) is 16.0 Å². The van der Waals surface area contributed by atoms with Gasteiger partial charge in [-0.15, -0.1) is 0 Å². The van der Waals surface area contributed by atoms with E-state index in [1.807, 2.05) is 6.92 Å². The monoisotopic (exact) mass is 382 g/mol. The summed E-state index contributed by atoms with van der Waals surface area (Å²) in [6, 6.07) is 8.68. The highest BCUT2D eigenvalue weighted by Crippen LogP contribution is 2.36. The first-order chi connectivity index (χ1) is 13.6. The molecule has 7 heteroatoms. The van der Waals surface area contributed by atoms with Gasteiger partial charge in [0, 0.05) is 6.07 Å². The summed E-state index contributed by atoms with van der Waals surface area (Å²) >= 11 is 0. The number of carbonyl (C=O) groups is 1. The molecule has 0 bridgehead atoms. The summed E-state index contributed by atoms with van der Waals surface area (Å²) in [5.41, 5.74) is 2.13. The number of methoxy groups -OCH3 is 1. The summed E-state index contributed by atoms with van der Waals surface area (Å²) in [5.74, 6) is 1.24. The number of rotatable bonds is 5. The molecule has 0 amide bonds. The lowest BCUT2D eigenvalue weighted by Gasteiger charge is -2.11.